The average molecular weight is 364 g/mol. The van der Waals surface area contributed by atoms with Crippen molar-refractivity contribution in [3.63, 3.8) is 0 Å². The topological polar surface area (TPSA) is 69.5 Å². The first-order valence-corrected chi connectivity index (χ1v) is 8.71. The van der Waals surface area contributed by atoms with Gasteiger partial charge in [0, 0.05) is 6.07 Å². The molecule has 0 bridgehead atoms. The number of carbonyl (C=O) groups is 1. The van der Waals surface area contributed by atoms with E-state index in [-0.39, 0.29) is 17.7 Å². The predicted octanol–water partition coefficient (Wildman–Crippen LogP) is 3.01. The molecule has 1 aliphatic heterocycles. The van der Waals surface area contributed by atoms with Gasteiger partial charge in [-0.25, -0.2) is 4.68 Å². The molecule has 0 spiro atoms. The van der Waals surface area contributed by atoms with Crippen molar-refractivity contribution in [2.45, 2.75) is 20.0 Å². The second-order valence-electron chi connectivity index (χ2n) is 6.57. The van der Waals surface area contributed by atoms with Crippen LogP contribution in [0.4, 0.5) is 5.69 Å². The normalized spacial score (nSPS) is 15.8. The lowest BCUT2D eigenvalue weighted by Crippen LogP contribution is -2.42. The minimum absolute atomic E-state index is 0.123. The van der Waals surface area contributed by atoms with Gasteiger partial charge in [-0.15, -0.1) is 5.10 Å². The van der Waals surface area contributed by atoms with Crippen molar-refractivity contribution < 1.29 is 14.3 Å². The van der Waals surface area contributed by atoms with Crippen LogP contribution in [0.3, 0.4) is 0 Å². The van der Waals surface area contributed by atoms with E-state index in [9.17, 15) is 4.79 Å². The third-order valence-corrected chi connectivity index (χ3v) is 4.45. The number of benzene rings is 2. The van der Waals surface area contributed by atoms with E-state index in [0.717, 1.165) is 11.3 Å². The molecule has 0 N–H and O–H groups in total. The number of ether oxygens (including phenoxy) is 2. The maximum atomic E-state index is 13.1. The summed E-state index contributed by atoms with van der Waals surface area (Å²) in [5.41, 5.74) is 2.92. The van der Waals surface area contributed by atoms with Crippen LogP contribution >= 0.6 is 0 Å². The van der Waals surface area contributed by atoms with Gasteiger partial charge in [0.1, 0.15) is 17.6 Å². The summed E-state index contributed by atoms with van der Waals surface area (Å²) >= 11 is 0. The van der Waals surface area contributed by atoms with Gasteiger partial charge in [-0.3, -0.25) is 9.69 Å². The van der Waals surface area contributed by atoms with E-state index >= 15 is 0 Å². The van der Waals surface area contributed by atoms with E-state index < -0.39 is 0 Å². The molecule has 0 saturated heterocycles. The number of hydrogen-bond acceptors (Lipinski definition) is 5. The largest absolute Gasteiger partial charge is 0.497 e. The highest BCUT2D eigenvalue weighted by atomic mass is 16.5. The number of anilines is 1. The summed E-state index contributed by atoms with van der Waals surface area (Å²) in [6, 6.07) is 13.3. The molecule has 138 valence electrons. The Morgan fingerprint density at radius 3 is 2.89 bits per heavy atom. The second-order valence-corrected chi connectivity index (χ2v) is 6.57. The maximum Gasteiger partial charge on any atom is 0.280 e. The molecule has 3 aromatic rings. The zero-order valence-corrected chi connectivity index (χ0v) is 15.4. The number of amides is 1. The Bertz CT molecular complexity index is 998. The van der Waals surface area contributed by atoms with Crippen LogP contribution in [-0.4, -0.2) is 40.7 Å². The summed E-state index contributed by atoms with van der Waals surface area (Å²) in [6.45, 7) is 4.36. The van der Waals surface area contributed by atoms with E-state index in [2.05, 4.69) is 10.3 Å². The van der Waals surface area contributed by atoms with Gasteiger partial charge < -0.3 is 9.47 Å². The number of methoxy groups -OCH3 is 1. The zero-order chi connectivity index (χ0) is 19.0. The third kappa shape index (κ3) is 3.23. The van der Waals surface area contributed by atoms with Gasteiger partial charge >= 0.3 is 0 Å². The Morgan fingerprint density at radius 2 is 2.11 bits per heavy atom. The van der Waals surface area contributed by atoms with Crippen molar-refractivity contribution in [1.82, 2.24) is 15.0 Å². The van der Waals surface area contributed by atoms with Crippen LogP contribution in [-0.2, 0) is 0 Å². The Morgan fingerprint density at radius 1 is 1.26 bits per heavy atom. The Labute approximate surface area is 157 Å². The van der Waals surface area contributed by atoms with Crippen LogP contribution in [0, 0.1) is 6.92 Å². The van der Waals surface area contributed by atoms with E-state index in [1.54, 1.807) is 29.0 Å². The molecule has 2 heterocycles. The van der Waals surface area contributed by atoms with Gasteiger partial charge in [0.2, 0.25) is 0 Å². The number of aryl methyl sites for hydroxylation is 1. The third-order valence-electron chi connectivity index (χ3n) is 4.45. The van der Waals surface area contributed by atoms with Gasteiger partial charge in [-0.2, -0.15) is 0 Å². The first-order valence-electron chi connectivity index (χ1n) is 8.71. The van der Waals surface area contributed by atoms with Crippen LogP contribution < -0.4 is 14.4 Å². The van der Waals surface area contributed by atoms with Crippen molar-refractivity contribution in [3.8, 4) is 17.2 Å². The van der Waals surface area contributed by atoms with Crippen molar-refractivity contribution in [2.24, 2.45) is 0 Å². The number of hydrogen-bond donors (Lipinski definition) is 0. The number of fused-ring (bicyclic) bond motifs is 1. The first kappa shape index (κ1) is 17.1. The summed E-state index contributed by atoms with van der Waals surface area (Å²) in [4.78, 5) is 14.8. The lowest BCUT2D eigenvalue weighted by atomic mass is 10.1. The van der Waals surface area contributed by atoms with Crippen molar-refractivity contribution >= 4 is 11.6 Å². The van der Waals surface area contributed by atoms with Crippen LogP contribution in [0.5, 0.6) is 11.5 Å². The van der Waals surface area contributed by atoms with E-state index in [1.807, 2.05) is 50.2 Å². The highest BCUT2D eigenvalue weighted by Crippen LogP contribution is 2.37. The molecule has 0 aliphatic carbocycles. The molecule has 27 heavy (non-hydrogen) atoms. The lowest BCUT2D eigenvalue weighted by molar-refractivity contribution is 0.0956. The molecule has 0 radical (unpaired) electrons. The first-order chi connectivity index (χ1) is 13.0. The Hall–Kier alpha value is -3.35. The average Bonchev–Trinajstić information content (AvgIpc) is 3.16. The fraction of sp³-hybridized carbons (Fsp3) is 0.250. The highest BCUT2D eigenvalue weighted by Gasteiger charge is 2.30. The van der Waals surface area contributed by atoms with E-state index in [1.165, 1.54) is 0 Å². The Balaban J connectivity index is 1.68. The molecular formula is C20H20N4O3. The fourth-order valence-electron chi connectivity index (χ4n) is 3.13. The SMILES string of the molecule is COc1ccc2c(c1)N(C(=O)c1cn(-c3cccc(C)c3)nn1)C[C@@H](C)O2. The molecule has 2 aromatic carbocycles. The van der Waals surface area contributed by atoms with Crippen molar-refractivity contribution in [2.75, 3.05) is 18.6 Å². The maximum absolute atomic E-state index is 13.1. The van der Waals surface area contributed by atoms with Crippen LogP contribution in [0.1, 0.15) is 23.0 Å². The van der Waals surface area contributed by atoms with Gasteiger partial charge in [0.15, 0.2) is 5.69 Å². The van der Waals surface area contributed by atoms with E-state index in [4.69, 9.17) is 9.47 Å². The molecule has 4 rings (SSSR count). The number of aromatic nitrogens is 3. The summed E-state index contributed by atoms with van der Waals surface area (Å²) in [5.74, 6) is 1.08. The second kappa shape index (κ2) is 6.75. The summed E-state index contributed by atoms with van der Waals surface area (Å²) in [6.07, 6.45) is 1.53. The molecule has 7 heteroatoms. The summed E-state index contributed by atoms with van der Waals surface area (Å²) in [5, 5.41) is 8.20. The smallest absolute Gasteiger partial charge is 0.280 e. The van der Waals surface area contributed by atoms with Crippen molar-refractivity contribution in [1.29, 1.82) is 0 Å². The molecular weight excluding hydrogens is 344 g/mol. The highest BCUT2D eigenvalue weighted by molar-refractivity contribution is 6.06. The standard InChI is InChI=1S/C20H20N4O3/c1-13-5-4-6-15(9-13)24-12-17(21-22-24)20(25)23-11-14(2)27-19-8-7-16(26-3)10-18(19)23/h4-10,12,14H,11H2,1-3H3/t14-/m1/s1. The van der Waals surface area contributed by atoms with Gasteiger partial charge in [0.05, 0.1) is 31.2 Å². The molecule has 0 unspecified atom stereocenters. The minimum Gasteiger partial charge on any atom is -0.497 e. The lowest BCUT2D eigenvalue weighted by Gasteiger charge is -2.33. The zero-order valence-electron chi connectivity index (χ0n) is 15.4. The van der Waals surface area contributed by atoms with Gasteiger partial charge in [-0.05, 0) is 43.7 Å². The molecule has 7 nitrogen and oxygen atoms in total. The number of nitrogens with zero attached hydrogens (tertiary/aromatic N) is 4. The van der Waals surface area contributed by atoms with Crippen LogP contribution in [0.15, 0.2) is 48.7 Å². The van der Waals surface area contributed by atoms with Gasteiger partial charge in [0.25, 0.3) is 5.91 Å². The van der Waals surface area contributed by atoms with Gasteiger partial charge in [-0.1, -0.05) is 17.3 Å². The number of rotatable bonds is 3. The molecule has 0 saturated carbocycles. The van der Waals surface area contributed by atoms with Crippen LogP contribution in [0.25, 0.3) is 5.69 Å². The molecule has 1 atom stereocenters. The summed E-state index contributed by atoms with van der Waals surface area (Å²) < 4.78 is 12.7. The fourth-order valence-corrected chi connectivity index (χ4v) is 3.13. The predicted molar refractivity (Wildman–Crippen MR) is 101 cm³/mol. The quantitative estimate of drug-likeness (QED) is 0.715. The number of carbonyl (C=O) groups excluding carboxylic acids is 1. The monoisotopic (exact) mass is 364 g/mol. The molecule has 0 fully saturated rings. The van der Waals surface area contributed by atoms with E-state index in [0.29, 0.717) is 23.7 Å². The van der Waals surface area contributed by atoms with Crippen LogP contribution in [0.2, 0.25) is 0 Å². The Kier molecular flexibility index (Phi) is 4.27. The minimum atomic E-state index is -0.224. The summed E-state index contributed by atoms with van der Waals surface area (Å²) in [7, 11) is 1.59. The molecule has 1 aliphatic rings. The molecule has 1 amide bonds. The molecule has 1 aromatic heterocycles. The van der Waals surface area contributed by atoms with Crippen molar-refractivity contribution in [3.05, 3.63) is 59.9 Å².